The second kappa shape index (κ2) is 13.5. The van der Waals surface area contributed by atoms with Gasteiger partial charge in [-0.15, -0.1) is 0 Å². The lowest BCUT2D eigenvalue weighted by Gasteiger charge is -2.38. The number of amides is 2. The van der Waals surface area contributed by atoms with Crippen LogP contribution in [0.1, 0.15) is 77.7 Å². The normalized spacial score (nSPS) is 20.1. The molecule has 1 saturated heterocycles. The van der Waals surface area contributed by atoms with Crippen LogP contribution < -0.4 is 5.32 Å². The lowest BCUT2D eigenvalue weighted by molar-refractivity contribution is -0.155. The molecule has 2 amide bonds. The number of carboxylic acid groups (broad SMARTS) is 1. The van der Waals surface area contributed by atoms with Gasteiger partial charge in [-0.25, -0.2) is 14.6 Å². The Labute approximate surface area is 288 Å². The summed E-state index contributed by atoms with van der Waals surface area (Å²) < 4.78 is 20.0. The Morgan fingerprint density at radius 1 is 1.10 bits per heavy atom. The summed E-state index contributed by atoms with van der Waals surface area (Å²) in [7, 11) is -2.12. The van der Waals surface area contributed by atoms with E-state index in [1.807, 2.05) is 68.8 Å². The first-order chi connectivity index (χ1) is 22.8. The number of ether oxygens (including phenoxy) is 1. The van der Waals surface area contributed by atoms with Crippen LogP contribution in [0, 0.1) is 29.6 Å². The molecule has 0 spiro atoms. The Hall–Kier alpha value is -4.41. The third kappa shape index (κ3) is 8.25. The number of piperidine rings is 1. The lowest BCUT2D eigenvalue weighted by atomic mass is 10.1. The fraction of sp³-hybridized carbons (Fsp3) is 0.528. The predicted molar refractivity (Wildman–Crippen MR) is 185 cm³/mol. The Morgan fingerprint density at radius 3 is 2.35 bits per heavy atom. The number of nitrogens with zero attached hydrogens (tertiary/aromatic N) is 4. The van der Waals surface area contributed by atoms with Crippen LogP contribution in [0.2, 0.25) is 18.1 Å². The van der Waals surface area contributed by atoms with Crippen molar-refractivity contribution >= 4 is 26.3 Å². The smallest absolute Gasteiger partial charge is 0.407 e. The molecular formula is C36H47N5O7Si. The zero-order valence-corrected chi connectivity index (χ0v) is 30.7. The number of rotatable bonds is 8. The van der Waals surface area contributed by atoms with Crippen molar-refractivity contribution in [1.82, 2.24) is 24.9 Å². The Morgan fingerprint density at radius 2 is 1.76 bits per heavy atom. The van der Waals surface area contributed by atoms with E-state index < -0.39 is 37.9 Å². The van der Waals surface area contributed by atoms with Gasteiger partial charge in [0.25, 0.3) is 0 Å². The van der Waals surface area contributed by atoms with E-state index in [4.69, 9.17) is 18.8 Å². The molecule has 0 bridgehead atoms. The fourth-order valence-electron chi connectivity index (χ4n) is 5.92. The van der Waals surface area contributed by atoms with Gasteiger partial charge in [-0.3, -0.25) is 4.79 Å². The standard InChI is InChI=1S/C36H47N5O7Si/c1-22(48-49(8,9)36(5,6)7)31-37-16-17-41(31)29(19-38-34(45)46-35(2,3)4)28-18-30(47-39-28)24-13-10-23(11-14-24)12-15-25-26-20-40(21-27(25)26)32(42)33(43)44/h10-11,13-14,16-18,22,25-27,29H,19-21H2,1-9H3,(H,38,45)(H,43,44)/t22-,25-,26-,27+,29+/m0/s1. The Bertz CT molecular complexity index is 1740. The molecule has 2 fully saturated rings. The van der Waals surface area contributed by atoms with Gasteiger partial charge in [0.05, 0.1) is 6.04 Å². The molecule has 13 heteroatoms. The van der Waals surface area contributed by atoms with Crippen molar-refractivity contribution < 1.29 is 33.2 Å². The van der Waals surface area contributed by atoms with Gasteiger partial charge in [-0.1, -0.05) is 37.8 Å². The van der Waals surface area contributed by atoms with Crippen LogP contribution in [0.3, 0.4) is 0 Å². The number of hydrogen-bond acceptors (Lipinski definition) is 8. The maximum Gasteiger partial charge on any atom is 0.407 e. The van der Waals surface area contributed by atoms with E-state index in [-0.39, 0.29) is 35.4 Å². The summed E-state index contributed by atoms with van der Waals surface area (Å²) >= 11 is 0. The van der Waals surface area contributed by atoms with Crippen molar-refractivity contribution in [1.29, 1.82) is 0 Å². The van der Waals surface area contributed by atoms with E-state index in [1.165, 1.54) is 4.90 Å². The first-order valence-electron chi connectivity index (χ1n) is 16.6. The van der Waals surface area contributed by atoms with Crippen molar-refractivity contribution in [3.8, 4) is 23.2 Å². The van der Waals surface area contributed by atoms with Crippen LogP contribution in [0.25, 0.3) is 11.3 Å². The molecule has 2 N–H and O–H groups in total. The topological polar surface area (TPSA) is 149 Å². The van der Waals surface area contributed by atoms with Crippen molar-refractivity contribution in [2.45, 2.75) is 84.3 Å². The summed E-state index contributed by atoms with van der Waals surface area (Å²) in [5, 5.41) is 16.3. The number of carbonyl (C=O) groups is 3. The zero-order valence-electron chi connectivity index (χ0n) is 29.7. The van der Waals surface area contributed by atoms with E-state index in [9.17, 15) is 14.4 Å². The lowest BCUT2D eigenvalue weighted by Crippen LogP contribution is -2.42. The van der Waals surface area contributed by atoms with Gasteiger partial charge in [0.2, 0.25) is 0 Å². The maximum atomic E-state index is 12.7. The van der Waals surface area contributed by atoms with Gasteiger partial charge < -0.3 is 33.6 Å². The molecule has 0 unspecified atom stereocenters. The van der Waals surface area contributed by atoms with E-state index in [1.54, 1.807) is 6.20 Å². The molecule has 1 aliphatic heterocycles. The highest BCUT2D eigenvalue weighted by molar-refractivity contribution is 6.74. The highest BCUT2D eigenvalue weighted by Crippen LogP contribution is 2.51. The minimum Gasteiger partial charge on any atom is -0.474 e. The van der Waals surface area contributed by atoms with Gasteiger partial charge in [0, 0.05) is 55.1 Å². The molecule has 2 aromatic heterocycles. The van der Waals surface area contributed by atoms with Gasteiger partial charge in [0.15, 0.2) is 14.1 Å². The number of likely N-dealkylation sites (tertiary alicyclic amines) is 1. The Balaban J connectivity index is 1.32. The quantitative estimate of drug-likeness (QED) is 0.168. The average Bonchev–Trinajstić information content (AvgIpc) is 3.50. The largest absolute Gasteiger partial charge is 0.474 e. The van der Waals surface area contributed by atoms with Crippen LogP contribution in [0.4, 0.5) is 4.79 Å². The van der Waals surface area contributed by atoms with Crippen LogP contribution in [-0.2, 0) is 18.8 Å². The van der Waals surface area contributed by atoms with Gasteiger partial charge in [0.1, 0.15) is 23.2 Å². The number of alkyl carbamates (subject to hydrolysis) is 1. The number of imidazole rings is 1. The van der Waals surface area contributed by atoms with Crippen molar-refractivity contribution in [2.75, 3.05) is 19.6 Å². The number of aliphatic carboxylic acids is 1. The monoisotopic (exact) mass is 689 g/mol. The number of aromatic nitrogens is 3. The highest BCUT2D eigenvalue weighted by atomic mass is 28.4. The number of carbonyl (C=O) groups excluding carboxylic acids is 2. The van der Waals surface area contributed by atoms with E-state index in [0.717, 1.165) is 11.1 Å². The van der Waals surface area contributed by atoms with Crippen LogP contribution in [0.15, 0.2) is 47.2 Å². The molecule has 5 atom stereocenters. The number of hydrogen-bond donors (Lipinski definition) is 2. The molecule has 3 heterocycles. The maximum absolute atomic E-state index is 12.7. The first-order valence-corrected chi connectivity index (χ1v) is 19.5. The summed E-state index contributed by atoms with van der Waals surface area (Å²) in [6.45, 7) is 19.5. The number of nitrogens with one attached hydrogen (secondary N) is 1. The fourth-order valence-corrected chi connectivity index (χ4v) is 7.26. The number of benzene rings is 1. The first kappa shape index (κ1) is 35.9. The second-order valence-electron chi connectivity index (χ2n) is 15.4. The minimum absolute atomic E-state index is 0.0162. The van der Waals surface area contributed by atoms with E-state index >= 15 is 0 Å². The summed E-state index contributed by atoms with van der Waals surface area (Å²) in [6.07, 6.45) is 2.75. The molecule has 262 valence electrons. The molecule has 3 aromatic rings. The summed E-state index contributed by atoms with van der Waals surface area (Å²) in [5.74, 6) is 6.18. The van der Waals surface area contributed by atoms with Crippen LogP contribution in [0.5, 0.6) is 0 Å². The summed E-state index contributed by atoms with van der Waals surface area (Å²) in [5.41, 5.74) is 1.61. The van der Waals surface area contributed by atoms with Crippen molar-refractivity contribution in [2.24, 2.45) is 17.8 Å². The molecule has 12 nitrogen and oxygen atoms in total. The average molecular weight is 690 g/mol. The zero-order chi connectivity index (χ0) is 35.9. The molecule has 5 rings (SSSR count). The molecule has 1 aliphatic carbocycles. The second-order valence-corrected chi connectivity index (χ2v) is 20.2. The van der Waals surface area contributed by atoms with Gasteiger partial charge in [-0.05, 0) is 81.9 Å². The summed E-state index contributed by atoms with van der Waals surface area (Å²) in [4.78, 5) is 41.4. The molecule has 2 aliphatic rings. The van der Waals surface area contributed by atoms with E-state index in [0.29, 0.717) is 30.4 Å². The summed E-state index contributed by atoms with van der Waals surface area (Å²) in [6, 6.07) is 9.07. The van der Waals surface area contributed by atoms with E-state index in [2.05, 4.69) is 61.2 Å². The van der Waals surface area contributed by atoms with Gasteiger partial charge >= 0.3 is 18.0 Å². The third-order valence-corrected chi connectivity index (χ3v) is 14.2. The SMILES string of the molecule is C[C@H](O[Si](C)(C)C(C)(C)C)c1nccn1[C@H](CNC(=O)OC(C)(C)C)c1cc(-c2ccc(C#C[C@@H]3[C@H]4CN(C(=O)C(=O)O)C[C@@H]34)cc2)on1. The highest BCUT2D eigenvalue weighted by Gasteiger charge is 2.56. The number of fused-ring (bicyclic) bond motifs is 1. The molecule has 1 saturated carbocycles. The molecule has 49 heavy (non-hydrogen) atoms. The van der Waals surface area contributed by atoms with Gasteiger partial charge in [-0.2, -0.15) is 0 Å². The molecule has 1 aromatic carbocycles. The van der Waals surface area contributed by atoms with Crippen LogP contribution >= 0.6 is 0 Å². The Kier molecular flexibility index (Phi) is 9.87. The van der Waals surface area contributed by atoms with Crippen LogP contribution in [-0.4, -0.2) is 76.2 Å². The van der Waals surface area contributed by atoms with Crippen molar-refractivity contribution in [3.63, 3.8) is 0 Å². The molecular weight excluding hydrogens is 643 g/mol. The van der Waals surface area contributed by atoms with Crippen molar-refractivity contribution in [3.05, 3.63) is 59.8 Å². The minimum atomic E-state index is -2.12. The third-order valence-electron chi connectivity index (χ3n) is 9.60. The molecule has 0 radical (unpaired) electrons. The predicted octanol–water partition coefficient (Wildman–Crippen LogP) is 5.88. The number of carboxylic acids is 1.